The van der Waals surface area contributed by atoms with Gasteiger partial charge in [0.25, 0.3) is 5.69 Å². The van der Waals surface area contributed by atoms with E-state index in [9.17, 15) is 10.1 Å². The van der Waals surface area contributed by atoms with Crippen LogP contribution in [0.25, 0.3) is 0 Å². The van der Waals surface area contributed by atoms with Gasteiger partial charge in [0.1, 0.15) is 5.69 Å². The minimum Gasteiger partial charge on any atom is -0.481 e. The fourth-order valence-electron chi connectivity index (χ4n) is 1.46. The highest BCUT2D eigenvalue weighted by atomic mass is 16.6. The average Bonchev–Trinajstić information content (AvgIpc) is 2.40. The number of nitrogens with zero attached hydrogens (tertiary/aromatic N) is 2. The monoisotopic (exact) mass is 245 g/mol. The summed E-state index contributed by atoms with van der Waals surface area (Å²) in [5, 5.41) is 13.9. The molecule has 92 valence electrons. The van der Waals surface area contributed by atoms with Crippen molar-refractivity contribution >= 4 is 17.1 Å². The first-order valence-corrected chi connectivity index (χ1v) is 5.21. The van der Waals surface area contributed by atoms with E-state index in [4.69, 9.17) is 4.74 Å². The molecule has 0 atom stereocenters. The van der Waals surface area contributed by atoms with E-state index in [0.29, 0.717) is 5.69 Å². The Morgan fingerprint density at radius 1 is 1.33 bits per heavy atom. The molecule has 0 spiro atoms. The molecular weight excluding hydrogens is 234 g/mol. The summed E-state index contributed by atoms with van der Waals surface area (Å²) in [7, 11) is 1.41. The molecule has 0 aliphatic carbocycles. The van der Waals surface area contributed by atoms with Gasteiger partial charge in [-0.05, 0) is 12.1 Å². The first-order chi connectivity index (χ1) is 8.70. The second kappa shape index (κ2) is 5.13. The third-order valence-corrected chi connectivity index (χ3v) is 2.32. The number of nitrogens with one attached hydrogen (secondary N) is 1. The fourth-order valence-corrected chi connectivity index (χ4v) is 1.46. The van der Waals surface area contributed by atoms with Crippen molar-refractivity contribution in [2.75, 3.05) is 12.4 Å². The SMILES string of the molecule is COc1cc([N+](=O)[O-])c(Nc2ccccc2)cn1. The summed E-state index contributed by atoms with van der Waals surface area (Å²) in [5.74, 6) is 0.209. The highest BCUT2D eigenvalue weighted by molar-refractivity contribution is 5.69. The minimum absolute atomic E-state index is 0.0781. The summed E-state index contributed by atoms with van der Waals surface area (Å²) >= 11 is 0. The molecule has 2 aromatic rings. The van der Waals surface area contributed by atoms with Gasteiger partial charge in [0.15, 0.2) is 0 Å². The van der Waals surface area contributed by atoms with Crippen LogP contribution in [0.15, 0.2) is 42.6 Å². The molecule has 0 saturated carbocycles. The van der Waals surface area contributed by atoms with Crippen LogP contribution in [0, 0.1) is 10.1 Å². The fraction of sp³-hybridized carbons (Fsp3) is 0.0833. The normalized spacial score (nSPS) is 9.83. The summed E-state index contributed by atoms with van der Waals surface area (Å²) in [4.78, 5) is 14.4. The smallest absolute Gasteiger partial charge is 0.299 e. The highest BCUT2D eigenvalue weighted by Gasteiger charge is 2.16. The van der Waals surface area contributed by atoms with Crippen molar-refractivity contribution in [3.05, 3.63) is 52.7 Å². The van der Waals surface area contributed by atoms with Crippen LogP contribution in [-0.4, -0.2) is 17.0 Å². The number of aromatic nitrogens is 1. The van der Waals surface area contributed by atoms with Crippen LogP contribution in [-0.2, 0) is 0 Å². The Hall–Kier alpha value is -2.63. The van der Waals surface area contributed by atoms with Crippen molar-refractivity contribution < 1.29 is 9.66 Å². The van der Waals surface area contributed by atoms with E-state index >= 15 is 0 Å². The maximum Gasteiger partial charge on any atom is 0.299 e. The van der Waals surface area contributed by atoms with Gasteiger partial charge in [0, 0.05) is 5.69 Å². The summed E-state index contributed by atoms with van der Waals surface area (Å²) in [5.41, 5.74) is 1.00. The molecule has 0 amide bonds. The molecular formula is C12H11N3O3. The van der Waals surface area contributed by atoms with Gasteiger partial charge in [-0.25, -0.2) is 4.98 Å². The van der Waals surface area contributed by atoms with Gasteiger partial charge in [0.2, 0.25) is 5.88 Å². The van der Waals surface area contributed by atoms with Gasteiger partial charge in [-0.1, -0.05) is 18.2 Å². The van der Waals surface area contributed by atoms with Gasteiger partial charge in [-0.3, -0.25) is 10.1 Å². The maximum atomic E-state index is 11.0. The van der Waals surface area contributed by atoms with Gasteiger partial charge in [-0.15, -0.1) is 0 Å². The van der Waals surface area contributed by atoms with E-state index in [1.807, 2.05) is 30.3 Å². The topological polar surface area (TPSA) is 77.3 Å². The predicted molar refractivity (Wildman–Crippen MR) is 67.2 cm³/mol. The van der Waals surface area contributed by atoms with Gasteiger partial charge in [-0.2, -0.15) is 0 Å². The molecule has 1 aromatic carbocycles. The molecule has 0 bridgehead atoms. The molecule has 2 rings (SSSR count). The molecule has 1 N–H and O–H groups in total. The number of hydrogen-bond donors (Lipinski definition) is 1. The Labute approximate surface area is 103 Å². The molecule has 18 heavy (non-hydrogen) atoms. The zero-order valence-electron chi connectivity index (χ0n) is 9.66. The zero-order valence-corrected chi connectivity index (χ0v) is 9.66. The van der Waals surface area contributed by atoms with Gasteiger partial charge >= 0.3 is 0 Å². The lowest BCUT2D eigenvalue weighted by molar-refractivity contribution is -0.384. The third-order valence-electron chi connectivity index (χ3n) is 2.32. The van der Waals surface area contributed by atoms with E-state index in [-0.39, 0.29) is 11.6 Å². The number of anilines is 2. The number of benzene rings is 1. The molecule has 0 saturated heterocycles. The maximum absolute atomic E-state index is 11.0. The Morgan fingerprint density at radius 2 is 2.06 bits per heavy atom. The quantitative estimate of drug-likeness (QED) is 0.662. The van der Waals surface area contributed by atoms with Crippen LogP contribution in [0.4, 0.5) is 17.1 Å². The molecule has 0 fully saturated rings. The lowest BCUT2D eigenvalue weighted by Gasteiger charge is -2.07. The first-order valence-electron chi connectivity index (χ1n) is 5.21. The second-order valence-electron chi connectivity index (χ2n) is 3.49. The zero-order chi connectivity index (χ0) is 13.0. The van der Waals surface area contributed by atoms with Crippen LogP contribution < -0.4 is 10.1 Å². The summed E-state index contributed by atoms with van der Waals surface area (Å²) < 4.78 is 4.87. The van der Waals surface area contributed by atoms with Crippen molar-refractivity contribution in [3.8, 4) is 5.88 Å². The minimum atomic E-state index is -0.477. The lowest BCUT2D eigenvalue weighted by atomic mass is 10.3. The lowest BCUT2D eigenvalue weighted by Crippen LogP contribution is -1.99. The summed E-state index contributed by atoms with van der Waals surface area (Å²) in [6.07, 6.45) is 1.38. The van der Waals surface area contributed by atoms with Crippen molar-refractivity contribution in [3.63, 3.8) is 0 Å². The Morgan fingerprint density at radius 3 is 2.67 bits per heavy atom. The van der Waals surface area contributed by atoms with E-state index in [1.165, 1.54) is 19.4 Å². The van der Waals surface area contributed by atoms with Crippen molar-refractivity contribution in [2.45, 2.75) is 0 Å². The van der Waals surface area contributed by atoms with Gasteiger partial charge < -0.3 is 10.1 Å². The van der Waals surface area contributed by atoms with Gasteiger partial charge in [0.05, 0.1) is 24.3 Å². The number of ether oxygens (including phenoxy) is 1. The number of methoxy groups -OCH3 is 1. The number of hydrogen-bond acceptors (Lipinski definition) is 5. The molecule has 0 unspecified atom stereocenters. The molecule has 1 aromatic heterocycles. The molecule has 0 radical (unpaired) electrons. The third kappa shape index (κ3) is 2.54. The van der Waals surface area contributed by atoms with Crippen LogP contribution >= 0.6 is 0 Å². The van der Waals surface area contributed by atoms with Crippen molar-refractivity contribution in [2.24, 2.45) is 0 Å². The number of para-hydroxylation sites is 1. The van der Waals surface area contributed by atoms with Crippen LogP contribution in [0.2, 0.25) is 0 Å². The molecule has 0 aliphatic heterocycles. The largest absolute Gasteiger partial charge is 0.481 e. The van der Waals surface area contributed by atoms with Crippen molar-refractivity contribution in [1.82, 2.24) is 4.98 Å². The van der Waals surface area contributed by atoms with Crippen LogP contribution in [0.3, 0.4) is 0 Å². The van der Waals surface area contributed by atoms with Crippen LogP contribution in [0.1, 0.15) is 0 Å². The van der Waals surface area contributed by atoms with E-state index < -0.39 is 4.92 Å². The summed E-state index contributed by atoms with van der Waals surface area (Å²) in [6.45, 7) is 0. The molecule has 1 heterocycles. The predicted octanol–water partition coefficient (Wildman–Crippen LogP) is 2.74. The van der Waals surface area contributed by atoms with Crippen LogP contribution in [0.5, 0.6) is 5.88 Å². The first kappa shape index (κ1) is 11.8. The summed E-state index contributed by atoms with van der Waals surface area (Å²) in [6, 6.07) is 10.5. The average molecular weight is 245 g/mol. The van der Waals surface area contributed by atoms with E-state index in [2.05, 4.69) is 10.3 Å². The van der Waals surface area contributed by atoms with Crippen molar-refractivity contribution in [1.29, 1.82) is 0 Å². The second-order valence-corrected chi connectivity index (χ2v) is 3.49. The Kier molecular flexibility index (Phi) is 3.38. The molecule has 6 heteroatoms. The number of nitro groups is 1. The number of pyridine rings is 1. The molecule has 6 nitrogen and oxygen atoms in total. The van der Waals surface area contributed by atoms with E-state index in [0.717, 1.165) is 5.69 Å². The Bertz CT molecular complexity index is 558. The van der Waals surface area contributed by atoms with E-state index in [1.54, 1.807) is 0 Å². The Balaban J connectivity index is 2.35. The number of rotatable bonds is 4. The molecule has 0 aliphatic rings. The highest BCUT2D eigenvalue weighted by Crippen LogP contribution is 2.29. The standard InChI is InChI=1S/C12H11N3O3/c1-18-12-7-11(15(16)17)10(8-13-12)14-9-5-3-2-4-6-9/h2-8,14H,1H3.